The van der Waals surface area contributed by atoms with Crippen molar-refractivity contribution in [3.63, 3.8) is 0 Å². The van der Waals surface area contributed by atoms with Crippen LogP contribution in [0.2, 0.25) is 0 Å². The van der Waals surface area contributed by atoms with Crippen molar-refractivity contribution in [2.45, 2.75) is 4.90 Å². The van der Waals surface area contributed by atoms with E-state index in [2.05, 4.69) is 20.9 Å². The highest BCUT2D eigenvalue weighted by molar-refractivity contribution is 9.10. The lowest BCUT2D eigenvalue weighted by Crippen LogP contribution is -2.12. The standard InChI is InChI=1S/C11H8BrFN2O3S/c12-7-1-3-10(9(13)5-7)18-11-4-2-8(6-15-11)19(14,16)17/h1-6H,(H2,14,16,17). The lowest BCUT2D eigenvalue weighted by molar-refractivity contribution is 0.426. The van der Waals surface area contributed by atoms with Gasteiger partial charge in [0.05, 0.1) is 6.20 Å². The number of primary sulfonamides is 1. The fourth-order valence-electron chi connectivity index (χ4n) is 1.27. The molecule has 1 heterocycles. The Morgan fingerprint density at radius 3 is 2.53 bits per heavy atom. The van der Waals surface area contributed by atoms with Crippen molar-refractivity contribution in [3.05, 3.63) is 46.8 Å². The van der Waals surface area contributed by atoms with Gasteiger partial charge in [-0.1, -0.05) is 15.9 Å². The Hall–Kier alpha value is -1.51. The van der Waals surface area contributed by atoms with E-state index in [9.17, 15) is 12.8 Å². The first kappa shape index (κ1) is 13.9. The number of nitrogens with zero attached hydrogens (tertiary/aromatic N) is 1. The van der Waals surface area contributed by atoms with Crippen LogP contribution in [0.25, 0.3) is 0 Å². The number of hydrogen-bond donors (Lipinski definition) is 1. The second-order valence-corrected chi connectivity index (χ2v) is 6.03. The fourth-order valence-corrected chi connectivity index (χ4v) is 2.06. The van der Waals surface area contributed by atoms with E-state index < -0.39 is 15.8 Å². The van der Waals surface area contributed by atoms with Crippen LogP contribution in [0.5, 0.6) is 11.6 Å². The average molecular weight is 347 g/mol. The van der Waals surface area contributed by atoms with Gasteiger partial charge >= 0.3 is 0 Å². The molecular formula is C11H8BrFN2O3S. The second-order valence-electron chi connectivity index (χ2n) is 3.55. The lowest BCUT2D eigenvalue weighted by Gasteiger charge is -2.06. The summed E-state index contributed by atoms with van der Waals surface area (Å²) in [6.07, 6.45) is 1.04. The van der Waals surface area contributed by atoms with Gasteiger partial charge in [-0.25, -0.2) is 22.9 Å². The van der Waals surface area contributed by atoms with Crippen molar-refractivity contribution in [1.29, 1.82) is 0 Å². The molecule has 0 spiro atoms. The molecule has 0 atom stereocenters. The van der Waals surface area contributed by atoms with E-state index >= 15 is 0 Å². The number of sulfonamides is 1. The largest absolute Gasteiger partial charge is 0.436 e. The first-order chi connectivity index (χ1) is 8.86. The first-order valence-electron chi connectivity index (χ1n) is 4.98. The van der Waals surface area contributed by atoms with Gasteiger partial charge in [-0.3, -0.25) is 0 Å². The summed E-state index contributed by atoms with van der Waals surface area (Å²) >= 11 is 3.12. The number of hydrogen-bond acceptors (Lipinski definition) is 4. The summed E-state index contributed by atoms with van der Waals surface area (Å²) in [5.41, 5.74) is 0. The van der Waals surface area contributed by atoms with Crippen LogP contribution < -0.4 is 9.88 Å². The van der Waals surface area contributed by atoms with Crippen molar-refractivity contribution in [2.75, 3.05) is 0 Å². The summed E-state index contributed by atoms with van der Waals surface area (Å²) in [6, 6.07) is 6.80. The molecule has 0 unspecified atom stereocenters. The topological polar surface area (TPSA) is 82.3 Å². The number of ether oxygens (including phenoxy) is 1. The van der Waals surface area contributed by atoms with Crippen molar-refractivity contribution in [2.24, 2.45) is 5.14 Å². The van der Waals surface area contributed by atoms with Gasteiger partial charge in [0.25, 0.3) is 0 Å². The number of benzene rings is 1. The summed E-state index contributed by atoms with van der Waals surface area (Å²) in [4.78, 5) is 3.60. The lowest BCUT2D eigenvalue weighted by atomic mass is 10.3. The first-order valence-corrected chi connectivity index (χ1v) is 7.32. The Balaban J connectivity index is 2.25. The number of halogens is 2. The highest BCUT2D eigenvalue weighted by atomic mass is 79.9. The van der Waals surface area contributed by atoms with Gasteiger partial charge in [0, 0.05) is 10.5 Å². The Morgan fingerprint density at radius 1 is 1.26 bits per heavy atom. The average Bonchev–Trinajstić information content (AvgIpc) is 2.32. The van der Waals surface area contributed by atoms with Gasteiger partial charge in [0.2, 0.25) is 15.9 Å². The highest BCUT2D eigenvalue weighted by Gasteiger charge is 2.10. The molecule has 8 heteroatoms. The molecule has 0 aliphatic heterocycles. The molecule has 2 N–H and O–H groups in total. The SMILES string of the molecule is NS(=O)(=O)c1ccc(Oc2ccc(Br)cc2F)nc1. The molecule has 0 bridgehead atoms. The van der Waals surface area contributed by atoms with Crippen molar-refractivity contribution in [1.82, 2.24) is 4.98 Å². The zero-order chi connectivity index (χ0) is 14.0. The number of nitrogens with two attached hydrogens (primary N) is 1. The van der Waals surface area contributed by atoms with Crippen LogP contribution in [0.1, 0.15) is 0 Å². The molecule has 0 aliphatic carbocycles. The minimum Gasteiger partial charge on any atom is -0.436 e. The van der Waals surface area contributed by atoms with E-state index in [1.165, 1.54) is 24.3 Å². The minimum absolute atomic E-state index is 0.0148. The molecule has 0 fully saturated rings. The second kappa shape index (κ2) is 5.24. The molecule has 0 saturated carbocycles. The van der Waals surface area contributed by atoms with E-state index in [4.69, 9.17) is 9.88 Å². The Morgan fingerprint density at radius 2 is 2.00 bits per heavy atom. The van der Waals surface area contributed by atoms with Gasteiger partial charge in [0.15, 0.2) is 11.6 Å². The summed E-state index contributed by atoms with van der Waals surface area (Å²) in [7, 11) is -3.80. The van der Waals surface area contributed by atoms with Crippen molar-refractivity contribution >= 4 is 26.0 Å². The smallest absolute Gasteiger partial charge is 0.239 e. The maximum atomic E-state index is 13.5. The van der Waals surface area contributed by atoms with Crippen molar-refractivity contribution in [3.8, 4) is 11.6 Å². The summed E-state index contributed by atoms with van der Waals surface area (Å²) in [5, 5.41) is 4.93. The molecule has 1 aromatic heterocycles. The predicted molar refractivity (Wildman–Crippen MR) is 69.8 cm³/mol. The van der Waals surface area contributed by atoms with Crippen LogP contribution in [0.3, 0.4) is 0 Å². The van der Waals surface area contributed by atoms with Crippen LogP contribution in [0, 0.1) is 5.82 Å². The van der Waals surface area contributed by atoms with E-state index in [-0.39, 0.29) is 16.5 Å². The van der Waals surface area contributed by atoms with Gasteiger partial charge < -0.3 is 4.74 Å². The van der Waals surface area contributed by atoms with Crippen LogP contribution in [0.15, 0.2) is 45.9 Å². The van der Waals surface area contributed by atoms with Gasteiger partial charge in [-0.05, 0) is 24.3 Å². The zero-order valence-electron chi connectivity index (χ0n) is 9.38. The quantitative estimate of drug-likeness (QED) is 0.925. The Labute approximate surface area is 117 Å². The van der Waals surface area contributed by atoms with Gasteiger partial charge in [-0.15, -0.1) is 0 Å². The molecule has 0 saturated heterocycles. The van der Waals surface area contributed by atoms with E-state index in [1.807, 2.05) is 0 Å². The summed E-state index contributed by atoms with van der Waals surface area (Å²) < 4.78 is 41.3. The molecule has 19 heavy (non-hydrogen) atoms. The molecule has 5 nitrogen and oxygen atoms in total. The molecule has 0 aliphatic rings. The number of aromatic nitrogens is 1. The minimum atomic E-state index is -3.80. The third-order valence-electron chi connectivity index (χ3n) is 2.15. The molecule has 0 amide bonds. The number of rotatable bonds is 3. The van der Waals surface area contributed by atoms with Crippen LogP contribution in [-0.4, -0.2) is 13.4 Å². The molecule has 2 aromatic rings. The van der Waals surface area contributed by atoms with E-state index in [1.54, 1.807) is 6.07 Å². The van der Waals surface area contributed by atoms with Gasteiger partial charge in [0.1, 0.15) is 4.90 Å². The van der Waals surface area contributed by atoms with Gasteiger partial charge in [-0.2, -0.15) is 0 Å². The van der Waals surface area contributed by atoms with Crippen LogP contribution in [0.4, 0.5) is 4.39 Å². The zero-order valence-corrected chi connectivity index (χ0v) is 11.8. The molecule has 2 rings (SSSR count). The van der Waals surface area contributed by atoms with E-state index in [0.717, 1.165) is 6.20 Å². The highest BCUT2D eigenvalue weighted by Crippen LogP contribution is 2.25. The normalized spacial score (nSPS) is 11.3. The molecular weight excluding hydrogens is 339 g/mol. The third-order valence-corrected chi connectivity index (χ3v) is 3.54. The Bertz CT molecular complexity index is 704. The van der Waals surface area contributed by atoms with Crippen LogP contribution in [-0.2, 0) is 10.0 Å². The maximum absolute atomic E-state index is 13.5. The monoisotopic (exact) mass is 346 g/mol. The molecule has 0 radical (unpaired) electrons. The molecule has 1 aromatic carbocycles. The predicted octanol–water partition coefficient (Wildman–Crippen LogP) is 2.42. The third kappa shape index (κ3) is 3.49. The summed E-state index contributed by atoms with van der Waals surface area (Å²) in [6.45, 7) is 0. The Kier molecular flexibility index (Phi) is 3.83. The number of pyridine rings is 1. The fraction of sp³-hybridized carbons (Fsp3) is 0. The summed E-state index contributed by atoms with van der Waals surface area (Å²) in [5.74, 6) is -0.514. The molecule has 100 valence electrons. The van der Waals surface area contributed by atoms with Crippen LogP contribution >= 0.6 is 15.9 Å². The van der Waals surface area contributed by atoms with Crippen molar-refractivity contribution < 1.29 is 17.5 Å². The maximum Gasteiger partial charge on any atom is 0.239 e. The van der Waals surface area contributed by atoms with E-state index in [0.29, 0.717) is 4.47 Å².